The van der Waals surface area contributed by atoms with E-state index >= 15 is 0 Å². The number of nitrogens with one attached hydrogen (secondary N) is 2. The first-order valence-corrected chi connectivity index (χ1v) is 7.11. The Kier molecular flexibility index (Phi) is 2.84. The molecule has 0 bridgehead atoms. The van der Waals surface area contributed by atoms with Crippen LogP contribution in [0.25, 0.3) is 21.8 Å². The van der Waals surface area contributed by atoms with Crippen LogP contribution in [-0.4, -0.2) is 30.4 Å². The monoisotopic (exact) mass is 320 g/mol. The lowest BCUT2D eigenvalue weighted by atomic mass is 10.1. The summed E-state index contributed by atoms with van der Waals surface area (Å²) in [5.74, 6) is 5.19. The molecule has 2 heterocycles. The largest absolute Gasteiger partial charge is 0.504 e. The van der Waals surface area contributed by atoms with Gasteiger partial charge in [-0.2, -0.15) is 0 Å². The fraction of sp³-hybridized carbons (Fsp3) is 0. The molecule has 118 valence electrons. The van der Waals surface area contributed by atoms with Gasteiger partial charge in [0.05, 0.1) is 22.2 Å². The quantitative estimate of drug-likeness (QED) is 0.221. The lowest BCUT2D eigenvalue weighted by molar-refractivity contribution is 0.405. The molecule has 0 saturated carbocycles. The second kappa shape index (κ2) is 4.89. The summed E-state index contributed by atoms with van der Waals surface area (Å²) in [6.07, 6.45) is 3.38. The fourth-order valence-corrected chi connectivity index (χ4v) is 2.64. The van der Waals surface area contributed by atoms with Crippen molar-refractivity contribution < 1.29 is 20.4 Å². The summed E-state index contributed by atoms with van der Waals surface area (Å²) in [5.41, 5.74) is 2.66. The molecule has 0 atom stereocenters. The van der Waals surface area contributed by atoms with Gasteiger partial charge >= 0.3 is 0 Å². The van der Waals surface area contributed by atoms with E-state index in [1.54, 1.807) is 12.4 Å². The predicted molar refractivity (Wildman–Crippen MR) is 89.2 cm³/mol. The van der Waals surface area contributed by atoms with Crippen LogP contribution in [0.1, 0.15) is 11.1 Å². The minimum atomic E-state index is -0.211. The summed E-state index contributed by atoms with van der Waals surface area (Å²) in [6.45, 7) is 0. The van der Waals surface area contributed by atoms with Crippen molar-refractivity contribution in [2.75, 3.05) is 0 Å². The number of aromatic nitrogens is 2. The van der Waals surface area contributed by atoms with Gasteiger partial charge in [0.1, 0.15) is 0 Å². The molecule has 0 aliphatic heterocycles. The van der Waals surface area contributed by atoms with Gasteiger partial charge in [0, 0.05) is 35.3 Å². The third kappa shape index (κ3) is 2.08. The maximum Gasteiger partial charge on any atom is 0.159 e. The number of hydrogen-bond donors (Lipinski definition) is 6. The molecular weight excluding hydrogens is 308 g/mol. The smallest absolute Gasteiger partial charge is 0.159 e. The van der Waals surface area contributed by atoms with Crippen LogP contribution in [-0.2, 0) is 0 Å². The highest BCUT2D eigenvalue weighted by Gasteiger charge is 2.08. The first-order valence-electron chi connectivity index (χ1n) is 7.11. The molecule has 0 spiro atoms. The molecule has 0 radical (unpaired) electrons. The number of fused-ring (bicyclic) bond motifs is 2. The van der Waals surface area contributed by atoms with Gasteiger partial charge in [-0.1, -0.05) is 11.8 Å². The van der Waals surface area contributed by atoms with Crippen molar-refractivity contribution in [3.63, 3.8) is 0 Å². The van der Waals surface area contributed by atoms with Crippen LogP contribution in [0.15, 0.2) is 36.7 Å². The van der Waals surface area contributed by atoms with E-state index < -0.39 is 0 Å². The van der Waals surface area contributed by atoms with Crippen LogP contribution in [0, 0.1) is 11.8 Å². The summed E-state index contributed by atoms with van der Waals surface area (Å²) in [4.78, 5) is 5.97. The van der Waals surface area contributed by atoms with Gasteiger partial charge in [0.15, 0.2) is 23.0 Å². The van der Waals surface area contributed by atoms with Crippen molar-refractivity contribution in [3.8, 4) is 34.8 Å². The molecule has 0 fully saturated rings. The van der Waals surface area contributed by atoms with E-state index in [-0.39, 0.29) is 23.0 Å². The van der Waals surface area contributed by atoms with E-state index in [0.29, 0.717) is 32.9 Å². The van der Waals surface area contributed by atoms with Crippen LogP contribution >= 0.6 is 0 Å². The Morgan fingerprint density at radius 1 is 0.583 bits per heavy atom. The van der Waals surface area contributed by atoms with E-state index in [4.69, 9.17) is 0 Å². The summed E-state index contributed by atoms with van der Waals surface area (Å²) >= 11 is 0. The van der Waals surface area contributed by atoms with E-state index in [1.165, 1.54) is 24.3 Å². The molecule has 6 heteroatoms. The molecule has 0 saturated heterocycles. The normalized spacial score (nSPS) is 10.8. The van der Waals surface area contributed by atoms with E-state index in [1.807, 2.05) is 0 Å². The van der Waals surface area contributed by atoms with E-state index in [9.17, 15) is 20.4 Å². The Morgan fingerprint density at radius 2 is 0.958 bits per heavy atom. The Hall–Kier alpha value is -3.72. The molecule has 2 aromatic carbocycles. The SMILES string of the molecule is Oc1cc2[nH]cc(C#Cc3c[nH]c4cc(O)c(O)cc34)c2cc1O. The Morgan fingerprint density at radius 3 is 1.38 bits per heavy atom. The molecule has 4 aromatic rings. The van der Waals surface area contributed by atoms with Gasteiger partial charge in [-0.15, -0.1) is 0 Å². The maximum absolute atomic E-state index is 9.64. The van der Waals surface area contributed by atoms with Crippen molar-refractivity contribution in [1.29, 1.82) is 0 Å². The van der Waals surface area contributed by atoms with Crippen LogP contribution in [0.2, 0.25) is 0 Å². The lowest BCUT2D eigenvalue weighted by Crippen LogP contribution is -1.75. The first-order chi connectivity index (χ1) is 11.5. The maximum atomic E-state index is 9.64. The number of rotatable bonds is 0. The number of hydrogen-bond acceptors (Lipinski definition) is 4. The highest BCUT2D eigenvalue weighted by Crippen LogP contribution is 2.32. The zero-order chi connectivity index (χ0) is 16.8. The average molecular weight is 320 g/mol. The molecule has 6 nitrogen and oxygen atoms in total. The summed E-state index contributed by atoms with van der Waals surface area (Å²) in [6, 6.07) is 5.76. The zero-order valence-corrected chi connectivity index (χ0v) is 12.3. The fourth-order valence-electron chi connectivity index (χ4n) is 2.64. The van der Waals surface area contributed by atoms with Gasteiger partial charge in [-0.05, 0) is 12.1 Å². The highest BCUT2D eigenvalue weighted by molar-refractivity contribution is 5.91. The molecular formula is C18H12N2O4. The molecule has 0 aliphatic carbocycles. The van der Waals surface area contributed by atoms with Crippen molar-refractivity contribution in [2.45, 2.75) is 0 Å². The molecule has 4 rings (SSSR count). The molecule has 0 amide bonds. The summed E-state index contributed by atoms with van der Waals surface area (Å²) < 4.78 is 0. The number of aromatic amines is 2. The lowest BCUT2D eigenvalue weighted by Gasteiger charge is -1.98. The van der Waals surface area contributed by atoms with Crippen molar-refractivity contribution >= 4 is 21.8 Å². The van der Waals surface area contributed by atoms with Gasteiger partial charge in [0.25, 0.3) is 0 Å². The number of H-pyrrole nitrogens is 2. The molecule has 6 N–H and O–H groups in total. The van der Waals surface area contributed by atoms with Gasteiger partial charge in [-0.3, -0.25) is 0 Å². The average Bonchev–Trinajstić information content (AvgIpc) is 3.11. The molecule has 24 heavy (non-hydrogen) atoms. The van der Waals surface area contributed by atoms with Crippen molar-refractivity contribution in [3.05, 3.63) is 47.8 Å². The van der Waals surface area contributed by atoms with Gasteiger partial charge in [0.2, 0.25) is 0 Å². The second-order valence-electron chi connectivity index (χ2n) is 5.43. The summed E-state index contributed by atoms with van der Waals surface area (Å²) in [7, 11) is 0. The first kappa shape index (κ1) is 13.9. The van der Waals surface area contributed by atoms with E-state index in [2.05, 4.69) is 21.8 Å². The topological polar surface area (TPSA) is 112 Å². The number of benzene rings is 2. The van der Waals surface area contributed by atoms with Crippen LogP contribution in [0.5, 0.6) is 23.0 Å². The Bertz CT molecular complexity index is 1070. The van der Waals surface area contributed by atoms with Crippen LogP contribution < -0.4 is 0 Å². The number of aromatic hydroxyl groups is 4. The molecule has 0 aliphatic rings. The Balaban J connectivity index is 1.83. The zero-order valence-electron chi connectivity index (χ0n) is 12.3. The van der Waals surface area contributed by atoms with Gasteiger partial charge < -0.3 is 30.4 Å². The molecule has 2 aromatic heterocycles. The van der Waals surface area contributed by atoms with E-state index in [0.717, 1.165) is 0 Å². The highest BCUT2D eigenvalue weighted by atomic mass is 16.3. The van der Waals surface area contributed by atoms with Crippen LogP contribution in [0.4, 0.5) is 0 Å². The van der Waals surface area contributed by atoms with Crippen molar-refractivity contribution in [2.24, 2.45) is 0 Å². The third-order valence-corrected chi connectivity index (χ3v) is 3.89. The summed E-state index contributed by atoms with van der Waals surface area (Å²) in [5, 5.41) is 39.7. The third-order valence-electron chi connectivity index (χ3n) is 3.89. The minimum Gasteiger partial charge on any atom is -0.504 e. The number of phenolic OH excluding ortho intramolecular Hbond substituents is 4. The number of phenols is 4. The van der Waals surface area contributed by atoms with Crippen LogP contribution in [0.3, 0.4) is 0 Å². The standard InChI is InChI=1S/C18H12N2O4/c21-15-3-11-9(7-19-13(11)5-17(15)23)1-2-10-8-20-14-6-18(24)16(22)4-12(10)14/h3-8,19-24H. The second-order valence-corrected chi connectivity index (χ2v) is 5.43. The minimum absolute atomic E-state index is 0.198. The van der Waals surface area contributed by atoms with Crippen molar-refractivity contribution in [1.82, 2.24) is 9.97 Å². The van der Waals surface area contributed by atoms with Gasteiger partial charge in [-0.25, -0.2) is 0 Å². The predicted octanol–water partition coefficient (Wildman–Crippen LogP) is 2.87. The molecule has 0 unspecified atom stereocenters. The Labute approximate surface area is 135 Å².